The van der Waals surface area contributed by atoms with Crippen molar-refractivity contribution in [3.8, 4) is 0 Å². The van der Waals surface area contributed by atoms with Crippen molar-refractivity contribution in [1.29, 1.82) is 0 Å². The molecule has 17 heavy (non-hydrogen) atoms. The molecule has 1 heterocycles. The minimum absolute atomic E-state index is 0.532. The predicted octanol–water partition coefficient (Wildman–Crippen LogP) is 2.94. The van der Waals surface area contributed by atoms with Gasteiger partial charge in [0.25, 0.3) is 0 Å². The van der Waals surface area contributed by atoms with Gasteiger partial charge < -0.3 is 10.2 Å². The van der Waals surface area contributed by atoms with Crippen LogP contribution in [-0.4, -0.2) is 24.1 Å². The van der Waals surface area contributed by atoms with E-state index in [1.807, 2.05) is 11.3 Å². The van der Waals surface area contributed by atoms with Gasteiger partial charge in [-0.05, 0) is 26.2 Å². The van der Waals surface area contributed by atoms with Crippen LogP contribution in [-0.2, 0) is 6.54 Å². The number of aromatic nitrogens is 1. The Hall–Kier alpha value is -0.610. The topological polar surface area (TPSA) is 28.2 Å². The second-order valence-corrected chi connectivity index (χ2v) is 6.30. The summed E-state index contributed by atoms with van der Waals surface area (Å²) in [5.74, 6) is 0. The molecule has 0 atom stereocenters. The van der Waals surface area contributed by atoms with E-state index in [9.17, 15) is 0 Å². The standard InChI is InChI=1S/C13H23N3S/c1-9(2)14-8-12-10(3)15-13(17-12)16(4)11-6-5-7-11/h9,11,14H,5-8H2,1-4H3. The maximum absolute atomic E-state index is 4.70. The van der Waals surface area contributed by atoms with Crippen molar-refractivity contribution in [1.82, 2.24) is 10.3 Å². The summed E-state index contributed by atoms with van der Waals surface area (Å²) >= 11 is 1.84. The van der Waals surface area contributed by atoms with Crippen LogP contribution in [0.3, 0.4) is 0 Å². The zero-order chi connectivity index (χ0) is 12.4. The molecule has 1 aliphatic rings. The molecule has 0 amide bonds. The number of hydrogen-bond acceptors (Lipinski definition) is 4. The molecule has 0 aromatic carbocycles. The molecule has 2 rings (SSSR count). The Morgan fingerprint density at radius 3 is 2.71 bits per heavy atom. The maximum atomic E-state index is 4.70. The smallest absolute Gasteiger partial charge is 0.185 e. The molecule has 3 nitrogen and oxygen atoms in total. The molecular formula is C13H23N3S. The molecular weight excluding hydrogens is 230 g/mol. The van der Waals surface area contributed by atoms with Crippen LogP contribution in [0.15, 0.2) is 0 Å². The first-order valence-corrected chi connectivity index (χ1v) is 7.32. The first kappa shape index (κ1) is 12.8. The number of anilines is 1. The van der Waals surface area contributed by atoms with E-state index in [0.717, 1.165) is 12.6 Å². The predicted molar refractivity (Wildman–Crippen MR) is 74.9 cm³/mol. The summed E-state index contributed by atoms with van der Waals surface area (Å²) in [5.41, 5.74) is 1.18. The zero-order valence-electron chi connectivity index (χ0n) is 11.3. The third-order valence-corrected chi connectivity index (χ3v) is 4.72. The quantitative estimate of drug-likeness (QED) is 0.874. The number of aryl methyl sites for hydroxylation is 1. The lowest BCUT2D eigenvalue weighted by molar-refractivity contribution is 0.401. The summed E-state index contributed by atoms with van der Waals surface area (Å²) in [6.07, 6.45) is 4.03. The molecule has 96 valence electrons. The molecule has 1 aliphatic carbocycles. The molecule has 4 heteroatoms. The first-order chi connectivity index (χ1) is 8.08. The fourth-order valence-corrected chi connectivity index (χ4v) is 3.00. The highest BCUT2D eigenvalue weighted by Gasteiger charge is 2.24. The normalized spacial score (nSPS) is 16.3. The maximum Gasteiger partial charge on any atom is 0.185 e. The molecule has 1 N–H and O–H groups in total. The average Bonchev–Trinajstić information content (AvgIpc) is 2.54. The molecule has 0 bridgehead atoms. The summed E-state index contributed by atoms with van der Waals surface area (Å²) in [7, 11) is 2.18. The van der Waals surface area contributed by atoms with E-state index in [0.29, 0.717) is 6.04 Å². The van der Waals surface area contributed by atoms with Crippen molar-refractivity contribution < 1.29 is 0 Å². The fraction of sp³-hybridized carbons (Fsp3) is 0.769. The number of nitrogens with zero attached hydrogens (tertiary/aromatic N) is 2. The highest BCUT2D eigenvalue weighted by Crippen LogP contribution is 2.32. The van der Waals surface area contributed by atoms with Crippen molar-refractivity contribution in [3.63, 3.8) is 0 Å². The van der Waals surface area contributed by atoms with Crippen LogP contribution < -0.4 is 10.2 Å². The van der Waals surface area contributed by atoms with Crippen molar-refractivity contribution >= 4 is 16.5 Å². The van der Waals surface area contributed by atoms with Gasteiger partial charge in [0, 0.05) is 30.6 Å². The minimum Gasteiger partial charge on any atom is -0.348 e. The molecule has 1 aromatic rings. The Bertz CT molecular complexity index is 369. The number of nitrogens with one attached hydrogen (secondary N) is 1. The van der Waals surface area contributed by atoms with Crippen LogP contribution in [0.4, 0.5) is 5.13 Å². The molecule has 0 radical (unpaired) electrons. The van der Waals surface area contributed by atoms with E-state index in [2.05, 4.69) is 38.0 Å². The summed E-state index contributed by atoms with van der Waals surface area (Å²) in [6.45, 7) is 7.42. The second-order valence-electron chi connectivity index (χ2n) is 5.24. The Balaban J connectivity index is 2.01. The number of rotatable bonds is 5. The van der Waals surface area contributed by atoms with Gasteiger partial charge in [0.1, 0.15) is 0 Å². The SMILES string of the molecule is Cc1nc(N(C)C2CCC2)sc1CNC(C)C. The molecule has 0 aliphatic heterocycles. The fourth-order valence-electron chi connectivity index (χ4n) is 1.95. The number of thiazole rings is 1. The summed E-state index contributed by atoms with van der Waals surface area (Å²) in [5, 5.41) is 4.65. The van der Waals surface area contributed by atoms with Crippen molar-refractivity contribution in [3.05, 3.63) is 10.6 Å². The van der Waals surface area contributed by atoms with Crippen LogP contribution in [0.5, 0.6) is 0 Å². The van der Waals surface area contributed by atoms with E-state index < -0.39 is 0 Å². The van der Waals surface area contributed by atoms with E-state index in [1.54, 1.807) is 0 Å². The summed E-state index contributed by atoms with van der Waals surface area (Å²) < 4.78 is 0. The van der Waals surface area contributed by atoms with Gasteiger partial charge in [-0.15, -0.1) is 11.3 Å². The summed E-state index contributed by atoms with van der Waals surface area (Å²) in [4.78, 5) is 8.43. The van der Waals surface area contributed by atoms with Crippen molar-refractivity contribution in [2.24, 2.45) is 0 Å². The van der Waals surface area contributed by atoms with Gasteiger partial charge in [-0.3, -0.25) is 0 Å². The Morgan fingerprint density at radius 1 is 1.47 bits per heavy atom. The van der Waals surface area contributed by atoms with Gasteiger partial charge in [-0.25, -0.2) is 4.98 Å². The Morgan fingerprint density at radius 2 is 2.18 bits per heavy atom. The first-order valence-electron chi connectivity index (χ1n) is 6.50. The zero-order valence-corrected chi connectivity index (χ0v) is 12.1. The third-order valence-electron chi connectivity index (χ3n) is 3.48. The van der Waals surface area contributed by atoms with Gasteiger partial charge in [0.05, 0.1) is 5.69 Å². The van der Waals surface area contributed by atoms with Crippen LogP contribution in [0, 0.1) is 6.92 Å². The van der Waals surface area contributed by atoms with E-state index in [-0.39, 0.29) is 0 Å². The van der Waals surface area contributed by atoms with Crippen LogP contribution in [0.2, 0.25) is 0 Å². The second kappa shape index (κ2) is 5.36. The van der Waals surface area contributed by atoms with Gasteiger partial charge in [0.2, 0.25) is 0 Å². The average molecular weight is 253 g/mol. The van der Waals surface area contributed by atoms with E-state index in [1.165, 1.54) is 35.0 Å². The van der Waals surface area contributed by atoms with Gasteiger partial charge >= 0.3 is 0 Å². The van der Waals surface area contributed by atoms with Crippen LogP contribution in [0.1, 0.15) is 43.7 Å². The van der Waals surface area contributed by atoms with E-state index >= 15 is 0 Å². The third kappa shape index (κ3) is 2.99. The van der Waals surface area contributed by atoms with E-state index in [4.69, 9.17) is 4.98 Å². The largest absolute Gasteiger partial charge is 0.348 e. The molecule has 0 unspecified atom stereocenters. The van der Waals surface area contributed by atoms with Gasteiger partial charge in [-0.2, -0.15) is 0 Å². The molecule has 1 fully saturated rings. The highest BCUT2D eigenvalue weighted by molar-refractivity contribution is 7.15. The Kier molecular flexibility index (Phi) is 4.05. The van der Waals surface area contributed by atoms with Gasteiger partial charge in [-0.1, -0.05) is 13.8 Å². The lowest BCUT2D eigenvalue weighted by Gasteiger charge is -2.34. The molecule has 0 saturated heterocycles. The van der Waals surface area contributed by atoms with Crippen molar-refractivity contribution in [2.75, 3.05) is 11.9 Å². The Labute approximate surface area is 108 Å². The molecule has 1 saturated carbocycles. The highest BCUT2D eigenvalue weighted by atomic mass is 32.1. The monoisotopic (exact) mass is 253 g/mol. The lowest BCUT2D eigenvalue weighted by atomic mass is 9.92. The summed E-state index contributed by atoms with van der Waals surface area (Å²) in [6, 6.07) is 1.26. The lowest BCUT2D eigenvalue weighted by Crippen LogP contribution is -2.36. The van der Waals surface area contributed by atoms with Gasteiger partial charge in [0.15, 0.2) is 5.13 Å². The minimum atomic E-state index is 0.532. The molecule has 0 spiro atoms. The van der Waals surface area contributed by atoms with Crippen LogP contribution in [0.25, 0.3) is 0 Å². The molecule has 1 aromatic heterocycles. The van der Waals surface area contributed by atoms with Crippen LogP contribution >= 0.6 is 11.3 Å². The van der Waals surface area contributed by atoms with Crippen molar-refractivity contribution in [2.45, 2.75) is 58.7 Å². The number of hydrogen-bond donors (Lipinski definition) is 1.